The first-order valence-electron chi connectivity index (χ1n) is 6.60. The zero-order valence-electron chi connectivity index (χ0n) is 11.6. The zero-order valence-corrected chi connectivity index (χ0v) is 11.6. The Balaban J connectivity index is 2.24. The largest absolute Gasteiger partial charge is 0.398 e. The average molecular weight is 255 g/mol. The number of anilines is 1. The van der Waals surface area contributed by atoms with Crippen LogP contribution in [0.5, 0.6) is 0 Å². The second kappa shape index (κ2) is 5.74. The lowest BCUT2D eigenvalue weighted by atomic mass is 10.0. The van der Waals surface area contributed by atoms with Gasteiger partial charge in [-0.25, -0.2) is 4.99 Å². The number of amidine groups is 1. The summed E-state index contributed by atoms with van der Waals surface area (Å²) in [6.45, 7) is 7.54. The number of nitrogens with zero attached hydrogens (tertiary/aromatic N) is 1. The van der Waals surface area contributed by atoms with Crippen molar-refractivity contribution in [2.45, 2.75) is 32.6 Å². The molecule has 0 atom stereocenters. The predicted molar refractivity (Wildman–Crippen MR) is 82.9 cm³/mol. The summed E-state index contributed by atoms with van der Waals surface area (Å²) in [4.78, 5) is 4.34. The van der Waals surface area contributed by atoms with Crippen LogP contribution in [-0.2, 0) is 0 Å². The van der Waals surface area contributed by atoms with Crippen molar-refractivity contribution in [3.63, 3.8) is 0 Å². The summed E-state index contributed by atoms with van der Waals surface area (Å²) < 4.78 is 0. The van der Waals surface area contributed by atoms with Gasteiger partial charge in [0.1, 0.15) is 5.84 Å². The molecule has 0 bridgehead atoms. The number of nitrogen functional groups attached to an aromatic ring is 1. The molecule has 1 aliphatic rings. The fourth-order valence-electron chi connectivity index (χ4n) is 2.03. The van der Waals surface area contributed by atoms with Crippen LogP contribution in [-0.4, -0.2) is 5.84 Å². The number of aliphatic imine (C=N–C) groups is 1. The van der Waals surface area contributed by atoms with Crippen molar-refractivity contribution >= 4 is 17.1 Å². The molecule has 0 radical (unpaired) electrons. The molecule has 3 heteroatoms. The number of hydrogen-bond donors (Lipinski definition) is 2. The average Bonchev–Trinajstić information content (AvgIpc) is 3.21. The third-order valence-corrected chi connectivity index (χ3v) is 3.31. The molecule has 100 valence electrons. The van der Waals surface area contributed by atoms with E-state index in [4.69, 9.17) is 5.73 Å². The van der Waals surface area contributed by atoms with E-state index in [2.05, 4.69) is 29.0 Å². The molecule has 0 aromatic heterocycles. The summed E-state index contributed by atoms with van der Waals surface area (Å²) in [7, 11) is 0. The van der Waals surface area contributed by atoms with E-state index >= 15 is 0 Å². The number of rotatable bonds is 4. The molecule has 3 nitrogen and oxygen atoms in total. The van der Waals surface area contributed by atoms with E-state index in [-0.39, 0.29) is 0 Å². The van der Waals surface area contributed by atoms with Crippen molar-refractivity contribution in [1.82, 2.24) is 5.32 Å². The number of allylic oxidation sites excluding steroid dienone is 1. The van der Waals surface area contributed by atoms with Gasteiger partial charge in [0.05, 0.1) is 0 Å². The second-order valence-corrected chi connectivity index (χ2v) is 5.00. The molecule has 0 heterocycles. The summed E-state index contributed by atoms with van der Waals surface area (Å²) in [6, 6.07) is 6.33. The fraction of sp³-hybridized carbons (Fsp3) is 0.312. The normalized spacial score (nSPS) is 16.3. The molecule has 0 saturated heterocycles. The molecule has 0 unspecified atom stereocenters. The van der Waals surface area contributed by atoms with Gasteiger partial charge in [-0.1, -0.05) is 12.6 Å². The van der Waals surface area contributed by atoms with Crippen LogP contribution in [0.25, 0.3) is 5.57 Å². The molecular weight excluding hydrogens is 234 g/mol. The molecule has 1 saturated carbocycles. The first-order valence-corrected chi connectivity index (χ1v) is 6.60. The summed E-state index contributed by atoms with van der Waals surface area (Å²) >= 11 is 0. The molecule has 0 aliphatic heterocycles. The molecule has 1 aromatic rings. The van der Waals surface area contributed by atoms with Crippen molar-refractivity contribution in [1.29, 1.82) is 0 Å². The van der Waals surface area contributed by atoms with E-state index in [1.165, 1.54) is 18.4 Å². The lowest BCUT2D eigenvalue weighted by Crippen LogP contribution is -2.11. The lowest BCUT2D eigenvalue weighted by Gasteiger charge is -2.08. The maximum absolute atomic E-state index is 6.05. The number of hydrogen-bond acceptors (Lipinski definition) is 2. The zero-order chi connectivity index (χ0) is 13.8. The standard InChI is InChI=1S/C16H21N3/c1-4-18-12(3)19-10-11(2)15-9-14(13-5-6-13)7-8-16(15)17/h4,7-10,13H,1,5-6,17H2,2-3H3,(H,18,19)/b11-10+. The van der Waals surface area contributed by atoms with E-state index in [0.717, 1.165) is 28.6 Å². The molecule has 1 aliphatic carbocycles. The third-order valence-electron chi connectivity index (χ3n) is 3.31. The van der Waals surface area contributed by atoms with Crippen LogP contribution in [0.2, 0.25) is 0 Å². The summed E-state index contributed by atoms with van der Waals surface area (Å²) in [6.07, 6.45) is 6.05. The van der Waals surface area contributed by atoms with Crippen LogP contribution >= 0.6 is 0 Å². The maximum atomic E-state index is 6.05. The molecule has 1 fully saturated rings. The number of nitrogens with one attached hydrogen (secondary N) is 1. The fourth-order valence-corrected chi connectivity index (χ4v) is 2.03. The van der Waals surface area contributed by atoms with Crippen LogP contribution in [0.1, 0.15) is 43.7 Å². The van der Waals surface area contributed by atoms with Crippen LogP contribution in [0, 0.1) is 0 Å². The first-order chi connectivity index (χ1) is 9.11. The van der Waals surface area contributed by atoms with Crippen LogP contribution in [0.4, 0.5) is 5.69 Å². The van der Waals surface area contributed by atoms with Gasteiger partial charge in [-0.05, 0) is 62.1 Å². The predicted octanol–water partition coefficient (Wildman–Crippen LogP) is 3.66. The maximum Gasteiger partial charge on any atom is 0.102 e. The second-order valence-electron chi connectivity index (χ2n) is 5.00. The first kappa shape index (κ1) is 13.4. The highest BCUT2D eigenvalue weighted by Crippen LogP contribution is 2.41. The molecule has 3 N–H and O–H groups in total. The van der Waals surface area contributed by atoms with Crippen molar-refractivity contribution in [3.8, 4) is 0 Å². The Morgan fingerprint density at radius 1 is 1.42 bits per heavy atom. The Morgan fingerprint density at radius 3 is 2.79 bits per heavy atom. The van der Waals surface area contributed by atoms with Gasteiger partial charge in [0.15, 0.2) is 0 Å². The summed E-state index contributed by atoms with van der Waals surface area (Å²) in [5.41, 5.74) is 10.4. The van der Waals surface area contributed by atoms with Gasteiger partial charge in [-0.2, -0.15) is 0 Å². The molecule has 19 heavy (non-hydrogen) atoms. The molecular formula is C16H21N3. The summed E-state index contributed by atoms with van der Waals surface area (Å²) in [5.74, 6) is 1.55. The Hall–Kier alpha value is -2.03. The monoisotopic (exact) mass is 255 g/mol. The van der Waals surface area contributed by atoms with Gasteiger partial charge in [-0.3, -0.25) is 0 Å². The van der Waals surface area contributed by atoms with Gasteiger partial charge in [0.25, 0.3) is 0 Å². The van der Waals surface area contributed by atoms with Crippen LogP contribution in [0.15, 0.2) is 42.2 Å². The minimum atomic E-state index is 0.736. The van der Waals surface area contributed by atoms with E-state index in [1.54, 1.807) is 6.20 Å². The molecule has 2 rings (SSSR count). The number of benzene rings is 1. The third kappa shape index (κ3) is 3.47. The SMILES string of the molecule is C=CNC(C)=N/C=C(\C)c1cc(C2CC2)ccc1N. The van der Waals surface area contributed by atoms with E-state index in [0.29, 0.717) is 0 Å². The lowest BCUT2D eigenvalue weighted by molar-refractivity contribution is 1.13. The Morgan fingerprint density at radius 2 is 2.16 bits per heavy atom. The van der Waals surface area contributed by atoms with Crippen molar-refractivity contribution in [2.24, 2.45) is 4.99 Å². The van der Waals surface area contributed by atoms with Gasteiger partial charge < -0.3 is 11.1 Å². The smallest absolute Gasteiger partial charge is 0.102 e. The quantitative estimate of drug-likeness (QED) is 0.490. The van der Waals surface area contributed by atoms with Gasteiger partial charge in [0, 0.05) is 17.5 Å². The number of nitrogens with two attached hydrogens (primary N) is 1. The Bertz CT molecular complexity index is 537. The molecule has 1 aromatic carbocycles. The van der Waals surface area contributed by atoms with Crippen LogP contribution in [0.3, 0.4) is 0 Å². The van der Waals surface area contributed by atoms with E-state index in [9.17, 15) is 0 Å². The highest BCUT2D eigenvalue weighted by atomic mass is 15.0. The van der Waals surface area contributed by atoms with Gasteiger partial charge >= 0.3 is 0 Å². The molecule has 0 amide bonds. The van der Waals surface area contributed by atoms with Crippen molar-refractivity contribution in [2.75, 3.05) is 5.73 Å². The summed E-state index contributed by atoms with van der Waals surface area (Å²) in [5, 5.41) is 2.94. The Labute approximate surface area is 114 Å². The van der Waals surface area contributed by atoms with Crippen molar-refractivity contribution < 1.29 is 0 Å². The molecule has 0 spiro atoms. The highest BCUT2D eigenvalue weighted by molar-refractivity contribution is 5.82. The minimum absolute atomic E-state index is 0.736. The van der Waals surface area contributed by atoms with Crippen molar-refractivity contribution in [3.05, 3.63) is 48.3 Å². The van der Waals surface area contributed by atoms with Gasteiger partial charge in [-0.15, -0.1) is 0 Å². The Kier molecular flexibility index (Phi) is 4.05. The van der Waals surface area contributed by atoms with E-state index < -0.39 is 0 Å². The van der Waals surface area contributed by atoms with Crippen LogP contribution < -0.4 is 11.1 Å². The van der Waals surface area contributed by atoms with E-state index in [1.807, 2.05) is 26.1 Å². The topological polar surface area (TPSA) is 50.4 Å². The minimum Gasteiger partial charge on any atom is -0.398 e. The van der Waals surface area contributed by atoms with Gasteiger partial charge in [0.2, 0.25) is 0 Å². The highest BCUT2D eigenvalue weighted by Gasteiger charge is 2.23.